The molecule has 4 heteroatoms. The van der Waals surface area contributed by atoms with Crippen molar-refractivity contribution in [2.45, 2.75) is 38.5 Å². The highest BCUT2D eigenvalue weighted by atomic mass is 19.4. The first-order chi connectivity index (χ1) is 7.28. The van der Waals surface area contributed by atoms with Gasteiger partial charge in [0, 0.05) is 12.1 Å². The molecule has 0 aliphatic carbocycles. The summed E-state index contributed by atoms with van der Waals surface area (Å²) >= 11 is 0. The lowest BCUT2D eigenvalue weighted by molar-refractivity contribution is -0.137. The molecule has 1 nitrogen and oxygen atoms in total. The van der Waals surface area contributed by atoms with Gasteiger partial charge in [-0.2, -0.15) is 13.2 Å². The number of fused-ring (bicyclic) bond motifs is 1. The molecule has 1 aromatic carbocycles. The van der Waals surface area contributed by atoms with Crippen molar-refractivity contribution in [3.63, 3.8) is 0 Å². The van der Waals surface area contributed by atoms with Crippen molar-refractivity contribution in [1.82, 2.24) is 5.32 Å². The minimum Gasteiger partial charge on any atom is -0.307 e. The van der Waals surface area contributed by atoms with Crippen LogP contribution in [0.3, 0.4) is 0 Å². The summed E-state index contributed by atoms with van der Waals surface area (Å²) in [5.41, 5.74) is 1.17. The SMILES string of the molecule is CC1(C)Cc2ccc(C(F)(F)F)cc2CN1. The molecule has 1 aliphatic rings. The van der Waals surface area contributed by atoms with E-state index in [9.17, 15) is 13.2 Å². The van der Waals surface area contributed by atoms with E-state index in [-0.39, 0.29) is 5.54 Å². The van der Waals surface area contributed by atoms with Crippen molar-refractivity contribution >= 4 is 0 Å². The molecule has 16 heavy (non-hydrogen) atoms. The van der Waals surface area contributed by atoms with Gasteiger partial charge < -0.3 is 5.32 Å². The molecule has 0 fully saturated rings. The monoisotopic (exact) mass is 229 g/mol. The van der Waals surface area contributed by atoms with Gasteiger partial charge in [0.05, 0.1) is 5.56 Å². The molecule has 88 valence electrons. The molecule has 0 saturated heterocycles. The van der Waals surface area contributed by atoms with E-state index < -0.39 is 11.7 Å². The highest BCUT2D eigenvalue weighted by Gasteiger charge is 2.32. The van der Waals surface area contributed by atoms with Gasteiger partial charge >= 0.3 is 6.18 Å². The minimum atomic E-state index is -4.25. The lowest BCUT2D eigenvalue weighted by Crippen LogP contribution is -2.44. The number of benzene rings is 1. The molecule has 0 unspecified atom stereocenters. The topological polar surface area (TPSA) is 12.0 Å². The zero-order chi connectivity index (χ0) is 12.0. The molecule has 0 aromatic heterocycles. The number of hydrogen-bond acceptors (Lipinski definition) is 1. The molecule has 2 rings (SSSR count). The maximum absolute atomic E-state index is 12.5. The lowest BCUT2D eigenvalue weighted by Gasteiger charge is -2.33. The van der Waals surface area contributed by atoms with Crippen molar-refractivity contribution in [2.24, 2.45) is 0 Å². The Balaban J connectivity index is 2.36. The molecule has 0 amide bonds. The minimum absolute atomic E-state index is 0.0350. The van der Waals surface area contributed by atoms with E-state index in [0.717, 1.165) is 17.5 Å². The number of rotatable bonds is 0. The highest BCUT2D eigenvalue weighted by molar-refractivity contribution is 5.36. The Morgan fingerprint density at radius 2 is 1.88 bits per heavy atom. The lowest BCUT2D eigenvalue weighted by atomic mass is 9.87. The molecule has 1 N–H and O–H groups in total. The Hall–Kier alpha value is -1.03. The van der Waals surface area contributed by atoms with E-state index in [4.69, 9.17) is 0 Å². The van der Waals surface area contributed by atoms with Crippen LogP contribution in [0.25, 0.3) is 0 Å². The van der Waals surface area contributed by atoms with Gasteiger partial charge in [0.1, 0.15) is 0 Å². The fourth-order valence-electron chi connectivity index (χ4n) is 2.01. The van der Waals surface area contributed by atoms with Gasteiger partial charge in [-0.3, -0.25) is 0 Å². The van der Waals surface area contributed by atoms with Gasteiger partial charge in [-0.1, -0.05) is 6.07 Å². The second-order valence-electron chi connectivity index (χ2n) is 4.90. The van der Waals surface area contributed by atoms with Crippen LogP contribution in [0.2, 0.25) is 0 Å². The van der Waals surface area contributed by atoms with Crippen LogP contribution in [0.1, 0.15) is 30.5 Å². The van der Waals surface area contributed by atoms with Crippen LogP contribution in [-0.4, -0.2) is 5.54 Å². The number of alkyl halides is 3. The van der Waals surface area contributed by atoms with E-state index in [1.807, 2.05) is 13.8 Å². The van der Waals surface area contributed by atoms with Crippen LogP contribution in [0.4, 0.5) is 13.2 Å². The maximum Gasteiger partial charge on any atom is 0.416 e. The predicted octanol–water partition coefficient (Wildman–Crippen LogP) is 3.13. The Morgan fingerprint density at radius 1 is 1.19 bits per heavy atom. The second-order valence-corrected chi connectivity index (χ2v) is 4.90. The van der Waals surface area contributed by atoms with Crippen LogP contribution in [0.15, 0.2) is 18.2 Å². The summed E-state index contributed by atoms with van der Waals surface area (Å²) < 4.78 is 37.5. The number of hydrogen-bond donors (Lipinski definition) is 1. The van der Waals surface area contributed by atoms with E-state index in [1.165, 1.54) is 12.1 Å². The van der Waals surface area contributed by atoms with Crippen molar-refractivity contribution in [2.75, 3.05) is 0 Å². The van der Waals surface area contributed by atoms with Crippen LogP contribution < -0.4 is 5.32 Å². The third kappa shape index (κ3) is 2.21. The van der Waals surface area contributed by atoms with E-state index in [1.54, 1.807) is 6.07 Å². The quantitative estimate of drug-likeness (QED) is 0.720. The Morgan fingerprint density at radius 3 is 2.50 bits per heavy atom. The summed E-state index contributed by atoms with van der Waals surface area (Å²) in [6.07, 6.45) is -3.48. The average molecular weight is 229 g/mol. The van der Waals surface area contributed by atoms with Gasteiger partial charge in [0.2, 0.25) is 0 Å². The van der Waals surface area contributed by atoms with Gasteiger partial charge in [0.25, 0.3) is 0 Å². The molecule has 0 atom stereocenters. The third-order valence-corrected chi connectivity index (χ3v) is 2.92. The summed E-state index contributed by atoms with van der Waals surface area (Å²) in [7, 11) is 0. The van der Waals surface area contributed by atoms with Crippen molar-refractivity contribution in [1.29, 1.82) is 0 Å². The highest BCUT2D eigenvalue weighted by Crippen LogP contribution is 2.32. The third-order valence-electron chi connectivity index (χ3n) is 2.92. The number of halogens is 3. The van der Waals surface area contributed by atoms with Crippen molar-refractivity contribution in [3.8, 4) is 0 Å². The first-order valence-corrected chi connectivity index (χ1v) is 5.22. The summed E-state index contributed by atoms with van der Waals surface area (Å²) in [4.78, 5) is 0. The maximum atomic E-state index is 12.5. The van der Waals surface area contributed by atoms with E-state index in [0.29, 0.717) is 6.54 Å². The van der Waals surface area contributed by atoms with Crippen LogP contribution in [0, 0.1) is 0 Å². The first-order valence-electron chi connectivity index (χ1n) is 5.22. The average Bonchev–Trinajstić information content (AvgIpc) is 2.14. The van der Waals surface area contributed by atoms with Gasteiger partial charge in [0.15, 0.2) is 0 Å². The first kappa shape index (κ1) is 11.5. The molecule has 0 saturated carbocycles. The van der Waals surface area contributed by atoms with Crippen LogP contribution in [-0.2, 0) is 19.1 Å². The van der Waals surface area contributed by atoms with Crippen LogP contribution >= 0.6 is 0 Å². The summed E-state index contributed by atoms with van der Waals surface area (Å²) in [5.74, 6) is 0. The zero-order valence-electron chi connectivity index (χ0n) is 9.28. The van der Waals surface area contributed by atoms with E-state index in [2.05, 4.69) is 5.32 Å². The van der Waals surface area contributed by atoms with Gasteiger partial charge in [-0.05, 0) is 43.5 Å². The van der Waals surface area contributed by atoms with E-state index >= 15 is 0 Å². The Kier molecular flexibility index (Phi) is 2.49. The Bertz CT molecular complexity index is 407. The molecule has 1 aliphatic heterocycles. The number of nitrogens with one attached hydrogen (secondary N) is 1. The fourth-order valence-corrected chi connectivity index (χ4v) is 2.01. The predicted molar refractivity (Wildman–Crippen MR) is 56.1 cm³/mol. The van der Waals surface area contributed by atoms with Gasteiger partial charge in [-0.25, -0.2) is 0 Å². The molecular weight excluding hydrogens is 215 g/mol. The van der Waals surface area contributed by atoms with Crippen molar-refractivity contribution in [3.05, 3.63) is 34.9 Å². The summed E-state index contributed by atoms with van der Waals surface area (Å²) in [6, 6.07) is 4.01. The largest absolute Gasteiger partial charge is 0.416 e. The van der Waals surface area contributed by atoms with Crippen LogP contribution in [0.5, 0.6) is 0 Å². The van der Waals surface area contributed by atoms with Crippen molar-refractivity contribution < 1.29 is 13.2 Å². The van der Waals surface area contributed by atoms with Gasteiger partial charge in [-0.15, -0.1) is 0 Å². The Labute approximate surface area is 92.7 Å². The normalized spacial score (nSPS) is 19.3. The zero-order valence-corrected chi connectivity index (χ0v) is 9.28. The molecule has 0 bridgehead atoms. The standard InChI is InChI=1S/C12H14F3N/c1-11(2)6-8-3-4-10(12(13,14)15)5-9(8)7-16-11/h3-5,16H,6-7H2,1-2H3. The molecular formula is C12H14F3N. The molecule has 0 radical (unpaired) electrons. The second kappa shape index (κ2) is 3.48. The smallest absolute Gasteiger partial charge is 0.307 e. The summed E-state index contributed by atoms with van der Waals surface area (Å²) in [5, 5.41) is 3.23. The molecule has 1 aromatic rings. The molecule has 1 heterocycles. The molecule has 0 spiro atoms. The fraction of sp³-hybridized carbons (Fsp3) is 0.500. The summed E-state index contributed by atoms with van der Waals surface area (Å²) in [6.45, 7) is 4.60.